The number of para-hydroxylation sites is 2. The summed E-state index contributed by atoms with van der Waals surface area (Å²) in [6, 6.07) is 16.0. The third-order valence-electron chi connectivity index (χ3n) is 4.51. The molecule has 0 aliphatic carbocycles. The maximum Gasteiger partial charge on any atom is 0.336 e. The van der Waals surface area contributed by atoms with E-state index in [1.165, 1.54) is 6.07 Å². The Labute approximate surface area is 134 Å². The van der Waals surface area contributed by atoms with E-state index in [4.69, 9.17) is 0 Å². The number of benzene rings is 3. The standard InChI is InChI=1S/C19H10N2O3/c22-18-13-9-8-11(19(23)24)10-4-3-5-12(16(10)13)17-20-14-6-1-2-7-15(14)21(17)18/h1-9H,(H,23,24). The normalized spacial score (nSPS) is 11.8. The number of rotatable bonds is 1. The van der Waals surface area contributed by atoms with Gasteiger partial charge < -0.3 is 5.11 Å². The average molecular weight is 314 g/mol. The molecule has 0 radical (unpaired) electrons. The van der Waals surface area contributed by atoms with Crippen LogP contribution in [0, 0.1) is 0 Å². The second-order valence-corrected chi connectivity index (χ2v) is 5.76. The summed E-state index contributed by atoms with van der Waals surface area (Å²) in [7, 11) is 0. The lowest BCUT2D eigenvalue weighted by molar-refractivity contribution is 0.0699. The Kier molecular flexibility index (Phi) is 2.33. The van der Waals surface area contributed by atoms with Crippen LogP contribution >= 0.6 is 0 Å². The Morgan fingerprint density at radius 2 is 1.71 bits per heavy atom. The number of aromatic nitrogens is 2. The number of carbonyl (C=O) groups is 1. The molecule has 114 valence electrons. The molecule has 5 rings (SSSR count). The molecule has 0 spiro atoms. The first-order valence-electron chi connectivity index (χ1n) is 7.48. The highest BCUT2D eigenvalue weighted by Crippen LogP contribution is 2.31. The van der Waals surface area contributed by atoms with Crippen molar-refractivity contribution in [2.24, 2.45) is 0 Å². The molecule has 0 fully saturated rings. The van der Waals surface area contributed by atoms with Gasteiger partial charge in [0.25, 0.3) is 5.56 Å². The average Bonchev–Trinajstić information content (AvgIpc) is 2.98. The van der Waals surface area contributed by atoms with E-state index >= 15 is 0 Å². The SMILES string of the molecule is O=C(O)c1ccc2c(=O)n3c4ccccc4nc3c3cccc1c23. The van der Waals surface area contributed by atoms with E-state index in [0.29, 0.717) is 21.8 Å². The zero-order valence-electron chi connectivity index (χ0n) is 12.4. The van der Waals surface area contributed by atoms with Crippen LogP contribution in [-0.4, -0.2) is 20.5 Å². The van der Waals surface area contributed by atoms with Gasteiger partial charge in [-0.25, -0.2) is 9.78 Å². The first-order chi connectivity index (χ1) is 11.7. The molecule has 24 heavy (non-hydrogen) atoms. The summed E-state index contributed by atoms with van der Waals surface area (Å²) in [6.45, 7) is 0. The second-order valence-electron chi connectivity index (χ2n) is 5.76. The summed E-state index contributed by atoms with van der Waals surface area (Å²) in [6.07, 6.45) is 0. The Morgan fingerprint density at radius 1 is 0.917 bits per heavy atom. The lowest BCUT2D eigenvalue weighted by Gasteiger charge is -2.09. The van der Waals surface area contributed by atoms with E-state index in [-0.39, 0.29) is 11.1 Å². The number of fused-ring (bicyclic) bond motifs is 4. The number of pyridine rings is 1. The van der Waals surface area contributed by atoms with Crippen molar-refractivity contribution in [3.05, 3.63) is 70.5 Å². The second kappa shape index (κ2) is 4.29. The van der Waals surface area contributed by atoms with Crippen molar-refractivity contribution in [1.82, 2.24) is 9.38 Å². The highest BCUT2D eigenvalue weighted by Gasteiger charge is 2.18. The first-order valence-corrected chi connectivity index (χ1v) is 7.48. The number of hydrogen-bond acceptors (Lipinski definition) is 3. The van der Waals surface area contributed by atoms with E-state index in [1.54, 1.807) is 22.6 Å². The van der Waals surface area contributed by atoms with Crippen molar-refractivity contribution < 1.29 is 9.90 Å². The van der Waals surface area contributed by atoms with Crippen LogP contribution in [0.5, 0.6) is 0 Å². The lowest BCUT2D eigenvalue weighted by atomic mass is 9.98. The van der Waals surface area contributed by atoms with Gasteiger partial charge in [-0.2, -0.15) is 0 Å². The summed E-state index contributed by atoms with van der Waals surface area (Å²) in [5, 5.41) is 11.9. The molecule has 0 saturated heterocycles. The van der Waals surface area contributed by atoms with Gasteiger partial charge in [0.1, 0.15) is 5.65 Å². The molecule has 0 atom stereocenters. The van der Waals surface area contributed by atoms with Crippen LogP contribution in [0.25, 0.3) is 38.2 Å². The van der Waals surface area contributed by atoms with Gasteiger partial charge in [0.15, 0.2) is 0 Å². The quantitative estimate of drug-likeness (QED) is 0.515. The molecular formula is C19H10N2O3. The number of hydrogen-bond donors (Lipinski definition) is 1. The summed E-state index contributed by atoms with van der Waals surface area (Å²) < 4.78 is 1.60. The molecule has 5 heteroatoms. The van der Waals surface area contributed by atoms with E-state index in [1.807, 2.05) is 30.3 Å². The zero-order valence-corrected chi connectivity index (χ0v) is 12.4. The fourth-order valence-electron chi connectivity index (χ4n) is 3.49. The third kappa shape index (κ3) is 1.46. The van der Waals surface area contributed by atoms with Gasteiger partial charge in [-0.3, -0.25) is 9.20 Å². The van der Waals surface area contributed by atoms with Crippen molar-refractivity contribution in [3.8, 4) is 0 Å². The van der Waals surface area contributed by atoms with E-state index < -0.39 is 5.97 Å². The van der Waals surface area contributed by atoms with Gasteiger partial charge in [-0.1, -0.05) is 30.3 Å². The minimum absolute atomic E-state index is 0.181. The van der Waals surface area contributed by atoms with Gasteiger partial charge in [-0.15, -0.1) is 0 Å². The Hall–Kier alpha value is -3.47. The highest BCUT2D eigenvalue weighted by molar-refractivity contribution is 6.20. The minimum Gasteiger partial charge on any atom is -0.478 e. The molecule has 0 aliphatic rings. The molecule has 5 aromatic rings. The van der Waals surface area contributed by atoms with Crippen LogP contribution in [0.3, 0.4) is 0 Å². The number of carboxylic acids is 1. The van der Waals surface area contributed by atoms with Gasteiger partial charge in [0.2, 0.25) is 0 Å². The molecule has 3 aromatic carbocycles. The molecule has 0 unspecified atom stereocenters. The highest BCUT2D eigenvalue weighted by atomic mass is 16.4. The van der Waals surface area contributed by atoms with Crippen LogP contribution in [0.4, 0.5) is 0 Å². The van der Waals surface area contributed by atoms with Gasteiger partial charge in [0, 0.05) is 16.2 Å². The van der Waals surface area contributed by atoms with Gasteiger partial charge in [-0.05, 0) is 29.7 Å². The summed E-state index contributed by atoms with van der Waals surface area (Å²) in [4.78, 5) is 29.1. The predicted octanol–water partition coefficient (Wildman–Crippen LogP) is 3.29. The molecule has 2 heterocycles. The first kappa shape index (κ1) is 13.0. The maximum atomic E-state index is 13.0. The molecule has 1 N–H and O–H groups in total. The van der Waals surface area contributed by atoms with Crippen molar-refractivity contribution in [3.63, 3.8) is 0 Å². The van der Waals surface area contributed by atoms with E-state index in [2.05, 4.69) is 4.98 Å². The molecule has 0 aliphatic heterocycles. The smallest absolute Gasteiger partial charge is 0.336 e. The fraction of sp³-hybridized carbons (Fsp3) is 0. The monoisotopic (exact) mass is 314 g/mol. The van der Waals surface area contributed by atoms with Gasteiger partial charge in [0.05, 0.1) is 16.6 Å². The van der Waals surface area contributed by atoms with Crippen molar-refractivity contribution in [2.45, 2.75) is 0 Å². The zero-order chi connectivity index (χ0) is 16.4. The number of carboxylic acid groups (broad SMARTS) is 1. The van der Waals surface area contributed by atoms with E-state index in [0.717, 1.165) is 16.4 Å². The minimum atomic E-state index is -1.01. The van der Waals surface area contributed by atoms with Crippen molar-refractivity contribution in [1.29, 1.82) is 0 Å². The van der Waals surface area contributed by atoms with Crippen molar-refractivity contribution >= 4 is 44.2 Å². The van der Waals surface area contributed by atoms with Crippen LogP contribution in [0.2, 0.25) is 0 Å². The summed E-state index contributed by atoms with van der Waals surface area (Å²) in [5.74, 6) is -1.01. The summed E-state index contributed by atoms with van der Waals surface area (Å²) >= 11 is 0. The predicted molar refractivity (Wildman–Crippen MR) is 92.1 cm³/mol. The van der Waals surface area contributed by atoms with Crippen LogP contribution in [0.1, 0.15) is 10.4 Å². The number of nitrogens with zero attached hydrogens (tertiary/aromatic N) is 2. The molecular weight excluding hydrogens is 304 g/mol. The molecule has 2 aromatic heterocycles. The maximum absolute atomic E-state index is 13.0. The Balaban J connectivity index is 2.18. The molecule has 0 saturated carbocycles. The van der Waals surface area contributed by atoms with Crippen LogP contribution in [-0.2, 0) is 0 Å². The largest absolute Gasteiger partial charge is 0.478 e. The third-order valence-corrected chi connectivity index (χ3v) is 4.51. The van der Waals surface area contributed by atoms with Crippen molar-refractivity contribution in [2.75, 3.05) is 0 Å². The Bertz CT molecular complexity index is 1350. The molecule has 0 bridgehead atoms. The van der Waals surface area contributed by atoms with Crippen LogP contribution in [0.15, 0.2) is 59.4 Å². The topological polar surface area (TPSA) is 71.7 Å². The fourth-order valence-corrected chi connectivity index (χ4v) is 3.49. The van der Waals surface area contributed by atoms with E-state index in [9.17, 15) is 14.7 Å². The number of aromatic carboxylic acids is 1. The van der Waals surface area contributed by atoms with Gasteiger partial charge >= 0.3 is 5.97 Å². The van der Waals surface area contributed by atoms with Crippen LogP contribution < -0.4 is 5.56 Å². The summed E-state index contributed by atoms with van der Waals surface area (Å²) in [5.41, 5.74) is 2.06. The molecule has 0 amide bonds. The molecule has 5 nitrogen and oxygen atoms in total. The lowest BCUT2D eigenvalue weighted by Crippen LogP contribution is -2.14. The Morgan fingerprint density at radius 3 is 2.54 bits per heavy atom. The number of imidazole rings is 1.